The summed E-state index contributed by atoms with van der Waals surface area (Å²) >= 11 is 11.3. The van der Waals surface area contributed by atoms with Gasteiger partial charge in [0.05, 0.1) is 18.1 Å². The Labute approximate surface area is 149 Å². The summed E-state index contributed by atoms with van der Waals surface area (Å²) in [7, 11) is 0. The predicted octanol–water partition coefficient (Wildman–Crippen LogP) is 3.84. The normalized spacial score (nSPS) is 14.8. The van der Waals surface area contributed by atoms with Crippen LogP contribution in [-0.2, 0) is 12.7 Å². The van der Waals surface area contributed by atoms with Crippen LogP contribution in [-0.4, -0.2) is 26.9 Å². The van der Waals surface area contributed by atoms with Crippen LogP contribution in [0.1, 0.15) is 5.69 Å². The predicted molar refractivity (Wildman–Crippen MR) is 84.8 cm³/mol. The number of pyridine rings is 1. The third-order valence-corrected chi connectivity index (χ3v) is 3.76. The fraction of sp³-hybridized carbons (Fsp3) is 0.214. The maximum Gasteiger partial charge on any atom is 0.434 e. The van der Waals surface area contributed by atoms with E-state index in [1.165, 1.54) is 10.8 Å². The number of imidazole rings is 1. The van der Waals surface area contributed by atoms with Gasteiger partial charge in [0.25, 0.3) is 0 Å². The second-order valence-corrected chi connectivity index (χ2v) is 5.91. The minimum Gasteiger partial charge on any atom is -0.348 e. The van der Waals surface area contributed by atoms with Crippen LogP contribution in [0.5, 0.6) is 0 Å². The monoisotopic (exact) mass is 393 g/mol. The van der Waals surface area contributed by atoms with Gasteiger partial charge in [-0.05, 0) is 6.07 Å². The first-order chi connectivity index (χ1) is 11.7. The number of alkyl halides is 3. The number of nitrogens with zero attached hydrogens (tertiary/aromatic N) is 4. The van der Waals surface area contributed by atoms with E-state index < -0.39 is 17.7 Å². The first-order valence-corrected chi connectivity index (χ1v) is 7.60. The molecule has 25 heavy (non-hydrogen) atoms. The maximum atomic E-state index is 13.6. The molecule has 132 valence electrons. The van der Waals surface area contributed by atoms with Gasteiger partial charge in [-0.15, -0.1) is 0 Å². The lowest BCUT2D eigenvalue weighted by Gasteiger charge is -2.14. The van der Waals surface area contributed by atoms with Gasteiger partial charge in [-0.25, -0.2) is 14.4 Å². The molecule has 3 heterocycles. The average molecular weight is 394 g/mol. The van der Waals surface area contributed by atoms with Gasteiger partial charge in [0.15, 0.2) is 16.7 Å². The topological polar surface area (TPSA) is 55.1 Å². The van der Waals surface area contributed by atoms with Gasteiger partial charge in [0, 0.05) is 24.2 Å². The Morgan fingerprint density at radius 2 is 2.04 bits per heavy atom. The molecule has 0 fully saturated rings. The minimum absolute atomic E-state index is 0.0384. The van der Waals surface area contributed by atoms with Crippen LogP contribution in [0.25, 0.3) is 11.4 Å². The van der Waals surface area contributed by atoms with Gasteiger partial charge in [-0.3, -0.25) is 4.99 Å². The highest BCUT2D eigenvalue weighted by atomic mass is 35.5. The summed E-state index contributed by atoms with van der Waals surface area (Å²) < 4.78 is 53.9. The van der Waals surface area contributed by atoms with Crippen molar-refractivity contribution in [3.8, 4) is 11.4 Å². The Morgan fingerprint density at radius 3 is 2.64 bits per heavy atom. The van der Waals surface area contributed by atoms with E-state index in [1.54, 1.807) is 0 Å². The zero-order chi connectivity index (χ0) is 18.2. The number of hydrogen-bond acceptors (Lipinski definition) is 4. The fourth-order valence-electron chi connectivity index (χ4n) is 2.13. The molecular weight excluding hydrogens is 385 g/mol. The van der Waals surface area contributed by atoms with E-state index in [9.17, 15) is 17.6 Å². The fourth-order valence-corrected chi connectivity index (χ4v) is 2.35. The first-order valence-electron chi connectivity index (χ1n) is 6.84. The van der Waals surface area contributed by atoms with E-state index in [4.69, 9.17) is 23.2 Å². The van der Waals surface area contributed by atoms with Crippen molar-refractivity contribution in [2.24, 2.45) is 4.99 Å². The molecule has 0 radical (unpaired) electrons. The van der Waals surface area contributed by atoms with Crippen LogP contribution in [0, 0.1) is 5.82 Å². The summed E-state index contributed by atoms with van der Waals surface area (Å²) in [5, 5.41) is 2.87. The van der Waals surface area contributed by atoms with Gasteiger partial charge in [-0.1, -0.05) is 23.2 Å². The molecule has 0 unspecified atom stereocenters. The van der Waals surface area contributed by atoms with Crippen LogP contribution < -0.4 is 5.32 Å². The van der Waals surface area contributed by atoms with E-state index >= 15 is 0 Å². The van der Waals surface area contributed by atoms with E-state index in [-0.39, 0.29) is 29.6 Å². The summed E-state index contributed by atoms with van der Waals surface area (Å²) in [6.45, 7) is 0.181. The Kier molecular flexibility index (Phi) is 4.70. The molecule has 0 saturated heterocycles. The van der Waals surface area contributed by atoms with Crippen molar-refractivity contribution in [1.82, 2.24) is 19.9 Å². The van der Waals surface area contributed by atoms with Crippen molar-refractivity contribution in [2.75, 3.05) is 6.54 Å². The number of rotatable bonds is 3. The zero-order valence-corrected chi connectivity index (χ0v) is 13.8. The van der Waals surface area contributed by atoms with E-state index in [0.29, 0.717) is 10.9 Å². The Morgan fingerprint density at radius 1 is 1.28 bits per heavy atom. The van der Waals surface area contributed by atoms with Crippen molar-refractivity contribution < 1.29 is 17.6 Å². The molecule has 0 saturated carbocycles. The molecule has 0 aliphatic carbocycles. The highest BCUT2D eigenvalue weighted by Crippen LogP contribution is 2.31. The maximum absolute atomic E-state index is 13.6. The molecule has 11 heteroatoms. The third-order valence-electron chi connectivity index (χ3n) is 3.26. The lowest BCUT2D eigenvalue weighted by atomic mass is 10.2. The molecule has 0 atom stereocenters. The molecule has 0 spiro atoms. The number of aliphatic imine (C=N–C) groups is 1. The number of aromatic nitrogens is 3. The molecular formula is C14H9Cl2F4N5. The molecule has 0 aromatic carbocycles. The largest absolute Gasteiger partial charge is 0.434 e. The quantitative estimate of drug-likeness (QED) is 0.636. The summed E-state index contributed by atoms with van der Waals surface area (Å²) in [6.07, 6.45) is -1.18. The zero-order valence-electron chi connectivity index (χ0n) is 12.3. The molecule has 2 aromatic heterocycles. The SMILES string of the molecule is Fc1cc(-c2nc(C(F)(F)F)cn2CC2=NCC(Cl)=CN2)cnc1Cl. The molecule has 0 amide bonds. The molecule has 1 N–H and O–H groups in total. The second-order valence-electron chi connectivity index (χ2n) is 5.07. The Balaban J connectivity index is 2.01. The number of hydrogen-bond donors (Lipinski definition) is 1. The standard InChI is InChI=1S/C14H9Cl2F4N5/c15-8-3-21-11(22-4-8)6-25-5-10(14(18,19)20)24-13(25)7-1-9(17)12(16)23-2-7/h1-3,5H,4,6H2,(H,21,22). The number of amidine groups is 1. The lowest BCUT2D eigenvalue weighted by molar-refractivity contribution is -0.140. The van der Waals surface area contributed by atoms with Crippen molar-refractivity contribution in [3.05, 3.63) is 46.4 Å². The van der Waals surface area contributed by atoms with Crippen molar-refractivity contribution >= 4 is 29.0 Å². The minimum atomic E-state index is -4.65. The van der Waals surface area contributed by atoms with Gasteiger partial charge in [0.2, 0.25) is 0 Å². The van der Waals surface area contributed by atoms with Gasteiger partial charge >= 0.3 is 6.18 Å². The third kappa shape index (κ3) is 3.93. The molecule has 1 aliphatic rings. The first kappa shape index (κ1) is 17.7. The smallest absolute Gasteiger partial charge is 0.348 e. The highest BCUT2D eigenvalue weighted by Gasteiger charge is 2.35. The Bertz CT molecular complexity index is 873. The molecule has 3 rings (SSSR count). The lowest BCUT2D eigenvalue weighted by Crippen LogP contribution is -2.27. The van der Waals surface area contributed by atoms with Gasteiger partial charge in [-0.2, -0.15) is 13.2 Å². The molecule has 2 aromatic rings. The molecule has 5 nitrogen and oxygen atoms in total. The van der Waals surface area contributed by atoms with Crippen LogP contribution >= 0.6 is 23.2 Å². The van der Waals surface area contributed by atoms with Crippen LogP contribution in [0.3, 0.4) is 0 Å². The van der Waals surface area contributed by atoms with Crippen molar-refractivity contribution in [2.45, 2.75) is 12.7 Å². The van der Waals surface area contributed by atoms with Crippen molar-refractivity contribution in [3.63, 3.8) is 0 Å². The summed E-state index contributed by atoms with van der Waals surface area (Å²) in [4.78, 5) is 11.3. The van der Waals surface area contributed by atoms with Crippen LogP contribution in [0.2, 0.25) is 5.15 Å². The van der Waals surface area contributed by atoms with Crippen LogP contribution in [0.4, 0.5) is 17.6 Å². The summed E-state index contributed by atoms with van der Waals surface area (Å²) in [5.41, 5.74) is -1.05. The van der Waals surface area contributed by atoms with Crippen molar-refractivity contribution in [1.29, 1.82) is 0 Å². The molecule has 0 bridgehead atoms. The van der Waals surface area contributed by atoms with E-state index in [2.05, 4.69) is 20.3 Å². The average Bonchev–Trinajstić information content (AvgIpc) is 2.96. The summed E-state index contributed by atoms with van der Waals surface area (Å²) in [6, 6.07) is 0.973. The van der Waals surface area contributed by atoms with E-state index in [0.717, 1.165) is 18.5 Å². The van der Waals surface area contributed by atoms with Gasteiger partial charge < -0.3 is 9.88 Å². The molecule has 1 aliphatic heterocycles. The highest BCUT2D eigenvalue weighted by molar-refractivity contribution is 6.30. The Hall–Kier alpha value is -2.13. The second kappa shape index (κ2) is 6.64. The van der Waals surface area contributed by atoms with Gasteiger partial charge in [0.1, 0.15) is 11.7 Å². The summed E-state index contributed by atoms with van der Waals surface area (Å²) in [5.74, 6) is -0.579. The number of nitrogens with one attached hydrogen (secondary N) is 1. The number of halogens is 6. The van der Waals surface area contributed by atoms with Crippen LogP contribution in [0.15, 0.2) is 34.7 Å². The van der Waals surface area contributed by atoms with E-state index in [1.807, 2.05) is 0 Å².